The molecule has 0 saturated carbocycles. The lowest BCUT2D eigenvalue weighted by molar-refractivity contribution is 0.322. The smallest absolute Gasteiger partial charge is 0.203 e. The number of aryl methyl sites for hydroxylation is 1. The molecule has 0 aliphatic heterocycles. The van der Waals surface area contributed by atoms with Crippen molar-refractivity contribution in [1.82, 2.24) is 0 Å². The summed E-state index contributed by atoms with van der Waals surface area (Å²) in [4.78, 5) is 0. The Morgan fingerprint density at radius 2 is 1.65 bits per heavy atom. The van der Waals surface area contributed by atoms with Crippen molar-refractivity contribution in [1.29, 1.82) is 0 Å². The molecule has 0 bridgehead atoms. The molecule has 4 nitrogen and oxygen atoms in total. The van der Waals surface area contributed by atoms with E-state index in [4.69, 9.17) is 30.2 Å². The van der Waals surface area contributed by atoms with Gasteiger partial charge in [0.2, 0.25) is 5.75 Å². The summed E-state index contributed by atoms with van der Waals surface area (Å²) in [5.41, 5.74) is 1.70. The van der Waals surface area contributed by atoms with Crippen molar-refractivity contribution in [3.63, 3.8) is 0 Å². The average Bonchev–Trinajstić information content (AvgIpc) is 2.90. The first-order chi connectivity index (χ1) is 9.63. The van der Waals surface area contributed by atoms with Crippen molar-refractivity contribution in [3.8, 4) is 17.2 Å². The van der Waals surface area contributed by atoms with Crippen LogP contribution in [0.5, 0.6) is 17.2 Å². The molecule has 0 N–H and O–H groups in total. The minimum atomic E-state index is -0.386. The molecular formula is C15H17ClO4. The maximum absolute atomic E-state index is 6.55. The fourth-order valence-electron chi connectivity index (χ4n) is 2.15. The summed E-state index contributed by atoms with van der Waals surface area (Å²) in [6, 6.07) is 5.52. The van der Waals surface area contributed by atoms with Gasteiger partial charge in [-0.15, -0.1) is 11.6 Å². The molecule has 1 heterocycles. The minimum Gasteiger partial charge on any atom is -0.493 e. The lowest BCUT2D eigenvalue weighted by atomic mass is 10.0. The summed E-state index contributed by atoms with van der Waals surface area (Å²) in [7, 11) is 4.72. The number of furan rings is 1. The van der Waals surface area contributed by atoms with Crippen LogP contribution in [0.15, 0.2) is 28.9 Å². The summed E-state index contributed by atoms with van der Waals surface area (Å²) in [6.07, 6.45) is 1.62. The van der Waals surface area contributed by atoms with Gasteiger partial charge < -0.3 is 18.6 Å². The van der Waals surface area contributed by atoms with Crippen molar-refractivity contribution in [3.05, 3.63) is 41.3 Å². The first kappa shape index (κ1) is 14.6. The number of hydrogen-bond acceptors (Lipinski definition) is 4. The summed E-state index contributed by atoms with van der Waals surface area (Å²) < 4.78 is 21.4. The Balaban J connectivity index is 2.54. The molecule has 5 heteroatoms. The summed E-state index contributed by atoms with van der Waals surface area (Å²) >= 11 is 6.55. The second kappa shape index (κ2) is 6.09. The highest BCUT2D eigenvalue weighted by Gasteiger charge is 2.23. The van der Waals surface area contributed by atoms with Crippen LogP contribution in [-0.2, 0) is 0 Å². The summed E-state index contributed by atoms with van der Waals surface area (Å²) in [5, 5.41) is -0.386. The Morgan fingerprint density at radius 1 is 0.950 bits per heavy atom. The maximum atomic E-state index is 6.55. The Labute approximate surface area is 123 Å². The number of rotatable bonds is 5. The molecule has 108 valence electrons. The molecule has 1 aromatic carbocycles. The lowest BCUT2D eigenvalue weighted by Gasteiger charge is -2.18. The van der Waals surface area contributed by atoms with Gasteiger partial charge in [0, 0.05) is 11.1 Å². The van der Waals surface area contributed by atoms with E-state index in [1.165, 1.54) is 0 Å². The first-order valence-electron chi connectivity index (χ1n) is 6.11. The number of ether oxygens (including phenoxy) is 3. The zero-order chi connectivity index (χ0) is 14.7. The van der Waals surface area contributed by atoms with E-state index >= 15 is 0 Å². The van der Waals surface area contributed by atoms with Crippen LogP contribution in [0.1, 0.15) is 22.3 Å². The van der Waals surface area contributed by atoms with Crippen LogP contribution in [0.3, 0.4) is 0 Å². The van der Waals surface area contributed by atoms with Crippen molar-refractivity contribution >= 4 is 11.6 Å². The third-order valence-corrected chi connectivity index (χ3v) is 3.65. The van der Waals surface area contributed by atoms with Gasteiger partial charge in [-0.1, -0.05) is 0 Å². The van der Waals surface area contributed by atoms with Gasteiger partial charge in [0.25, 0.3) is 0 Å². The van der Waals surface area contributed by atoms with E-state index in [2.05, 4.69) is 0 Å². The largest absolute Gasteiger partial charge is 0.493 e. The first-order valence-corrected chi connectivity index (χ1v) is 6.54. The summed E-state index contributed by atoms with van der Waals surface area (Å²) in [5.74, 6) is 2.47. The zero-order valence-corrected chi connectivity index (χ0v) is 12.7. The molecule has 20 heavy (non-hydrogen) atoms. The number of benzene rings is 1. The van der Waals surface area contributed by atoms with Gasteiger partial charge >= 0.3 is 0 Å². The van der Waals surface area contributed by atoms with E-state index < -0.39 is 0 Å². The van der Waals surface area contributed by atoms with E-state index in [1.807, 2.05) is 25.1 Å². The van der Waals surface area contributed by atoms with Crippen LogP contribution in [0.25, 0.3) is 0 Å². The van der Waals surface area contributed by atoms with Gasteiger partial charge in [-0.3, -0.25) is 0 Å². The van der Waals surface area contributed by atoms with Gasteiger partial charge in [-0.2, -0.15) is 0 Å². The molecule has 1 aromatic heterocycles. The van der Waals surface area contributed by atoms with Gasteiger partial charge in [0.1, 0.15) is 5.76 Å². The Hall–Kier alpha value is -1.81. The summed E-state index contributed by atoms with van der Waals surface area (Å²) in [6.45, 7) is 1.87. The zero-order valence-electron chi connectivity index (χ0n) is 11.9. The molecule has 0 radical (unpaired) electrons. The molecule has 0 aliphatic carbocycles. The molecule has 0 saturated heterocycles. The number of hydrogen-bond donors (Lipinski definition) is 0. The number of methoxy groups -OCH3 is 3. The molecule has 2 aromatic rings. The van der Waals surface area contributed by atoms with E-state index in [9.17, 15) is 0 Å². The normalized spacial score (nSPS) is 12.1. The standard InChI is InChI=1S/C15H17ClO4/c1-9-10(7-8-20-9)13(16)11-5-6-12(17-2)15(19-4)14(11)18-3/h5-8,13H,1-4H3. The quantitative estimate of drug-likeness (QED) is 0.784. The minimum absolute atomic E-state index is 0.386. The van der Waals surface area contributed by atoms with E-state index in [0.29, 0.717) is 17.2 Å². The monoisotopic (exact) mass is 296 g/mol. The third-order valence-electron chi connectivity index (χ3n) is 3.18. The van der Waals surface area contributed by atoms with Crippen molar-refractivity contribution in [2.24, 2.45) is 0 Å². The van der Waals surface area contributed by atoms with E-state index in [-0.39, 0.29) is 5.38 Å². The van der Waals surface area contributed by atoms with Gasteiger partial charge in [-0.25, -0.2) is 0 Å². The van der Waals surface area contributed by atoms with Crippen LogP contribution < -0.4 is 14.2 Å². The average molecular weight is 297 g/mol. The predicted octanol–water partition coefficient (Wildman–Crippen LogP) is 3.94. The third kappa shape index (κ3) is 2.43. The van der Waals surface area contributed by atoms with E-state index in [1.54, 1.807) is 27.6 Å². The fraction of sp³-hybridized carbons (Fsp3) is 0.333. The molecule has 0 amide bonds. The molecule has 1 atom stereocenters. The van der Waals surface area contributed by atoms with Crippen LogP contribution >= 0.6 is 11.6 Å². The fourth-order valence-corrected chi connectivity index (χ4v) is 2.55. The predicted molar refractivity (Wildman–Crippen MR) is 77.2 cm³/mol. The van der Waals surface area contributed by atoms with Crippen LogP contribution in [-0.4, -0.2) is 21.3 Å². The topological polar surface area (TPSA) is 40.8 Å². The highest BCUT2D eigenvalue weighted by molar-refractivity contribution is 6.23. The van der Waals surface area contributed by atoms with Crippen molar-refractivity contribution < 1.29 is 18.6 Å². The molecule has 0 spiro atoms. The van der Waals surface area contributed by atoms with E-state index in [0.717, 1.165) is 16.9 Å². The van der Waals surface area contributed by atoms with Crippen LogP contribution in [0.2, 0.25) is 0 Å². The molecule has 0 aliphatic rings. The second-order valence-corrected chi connectivity index (χ2v) is 4.65. The SMILES string of the molecule is COc1ccc(C(Cl)c2ccoc2C)c(OC)c1OC. The Kier molecular flexibility index (Phi) is 4.45. The highest BCUT2D eigenvalue weighted by atomic mass is 35.5. The van der Waals surface area contributed by atoms with Gasteiger partial charge in [0.05, 0.1) is 33.0 Å². The molecule has 0 fully saturated rings. The molecular weight excluding hydrogens is 280 g/mol. The van der Waals surface area contributed by atoms with Crippen LogP contribution in [0, 0.1) is 6.92 Å². The van der Waals surface area contributed by atoms with Crippen molar-refractivity contribution in [2.45, 2.75) is 12.3 Å². The van der Waals surface area contributed by atoms with Gasteiger partial charge in [0.15, 0.2) is 11.5 Å². The lowest BCUT2D eigenvalue weighted by Crippen LogP contribution is -2.01. The number of halogens is 1. The molecule has 2 rings (SSSR count). The van der Waals surface area contributed by atoms with Crippen molar-refractivity contribution in [2.75, 3.05) is 21.3 Å². The van der Waals surface area contributed by atoms with Gasteiger partial charge in [-0.05, 0) is 25.1 Å². The highest BCUT2D eigenvalue weighted by Crippen LogP contribution is 2.45. The maximum Gasteiger partial charge on any atom is 0.203 e. The molecule has 1 unspecified atom stereocenters. The Morgan fingerprint density at radius 3 is 2.15 bits per heavy atom. The second-order valence-electron chi connectivity index (χ2n) is 4.22. The van der Waals surface area contributed by atoms with Crippen LogP contribution in [0.4, 0.5) is 0 Å². The Bertz CT molecular complexity index is 592. The number of alkyl halides is 1.